The largest absolute Gasteiger partial charge is 0.505 e. The number of carbonyl (C=O) groups is 1. The molecule has 0 bridgehead atoms. The average molecular weight is 242 g/mol. The number of amides is 1. The highest BCUT2D eigenvalue weighted by Crippen LogP contribution is 2.12. The molecule has 2 atom stereocenters. The second-order valence-corrected chi connectivity index (χ2v) is 4.97. The molecule has 1 aromatic rings. The molecule has 2 N–H and O–H groups in total. The van der Waals surface area contributed by atoms with E-state index in [1.54, 1.807) is 13.2 Å². The summed E-state index contributed by atoms with van der Waals surface area (Å²) in [6.07, 6.45) is 3.00. The molecule has 1 rings (SSSR count). The minimum absolute atomic E-state index is 0.0174. The van der Waals surface area contributed by atoms with Crippen molar-refractivity contribution < 1.29 is 14.1 Å². The molecule has 0 radical (unpaired) electrons. The third-order valence-corrected chi connectivity index (χ3v) is 2.83. The zero-order valence-corrected chi connectivity index (χ0v) is 9.95. The van der Waals surface area contributed by atoms with Crippen molar-refractivity contribution in [3.8, 4) is 5.75 Å². The number of nitrogens with one attached hydrogen (secondary N) is 1. The van der Waals surface area contributed by atoms with Crippen molar-refractivity contribution in [3.63, 3.8) is 0 Å². The summed E-state index contributed by atoms with van der Waals surface area (Å²) < 4.78 is 10.9. The maximum Gasteiger partial charge on any atom is 0.273 e. The quantitative estimate of drug-likeness (QED) is 0.795. The van der Waals surface area contributed by atoms with Crippen molar-refractivity contribution in [2.45, 2.75) is 13.0 Å². The fraction of sp³-hybridized carbons (Fsp3) is 0.400. The van der Waals surface area contributed by atoms with Crippen LogP contribution in [0.4, 0.5) is 0 Å². The molecular formula is C10H14N2O3S. The molecule has 1 amide bonds. The van der Waals surface area contributed by atoms with Crippen LogP contribution in [-0.2, 0) is 10.8 Å². The predicted molar refractivity (Wildman–Crippen MR) is 61.8 cm³/mol. The summed E-state index contributed by atoms with van der Waals surface area (Å²) in [5, 5.41) is 12.0. The first-order valence-electron chi connectivity index (χ1n) is 4.75. The number of hydrogen-bond donors (Lipinski definition) is 2. The second-order valence-electron chi connectivity index (χ2n) is 3.49. The highest BCUT2D eigenvalue weighted by molar-refractivity contribution is 7.84. The van der Waals surface area contributed by atoms with E-state index >= 15 is 0 Å². The second kappa shape index (κ2) is 5.60. The summed E-state index contributed by atoms with van der Waals surface area (Å²) in [5.74, 6) is -0.250. The van der Waals surface area contributed by atoms with Gasteiger partial charge in [-0.3, -0.25) is 9.00 Å². The topological polar surface area (TPSA) is 79.3 Å². The SMILES string of the molecule is CC(CS(C)=O)NC(=O)c1ncccc1O. The lowest BCUT2D eigenvalue weighted by molar-refractivity contribution is 0.0935. The van der Waals surface area contributed by atoms with Gasteiger partial charge in [-0.15, -0.1) is 0 Å². The van der Waals surface area contributed by atoms with Crippen LogP contribution < -0.4 is 5.32 Å². The van der Waals surface area contributed by atoms with Crippen LogP contribution in [0.3, 0.4) is 0 Å². The van der Waals surface area contributed by atoms with Gasteiger partial charge >= 0.3 is 0 Å². The number of rotatable bonds is 4. The number of pyridine rings is 1. The summed E-state index contributed by atoms with van der Waals surface area (Å²) in [6.45, 7) is 1.75. The molecule has 0 aliphatic rings. The van der Waals surface area contributed by atoms with E-state index in [0.29, 0.717) is 5.75 Å². The molecular weight excluding hydrogens is 228 g/mol. The molecule has 0 saturated carbocycles. The first-order chi connectivity index (χ1) is 7.50. The maximum absolute atomic E-state index is 11.6. The predicted octanol–water partition coefficient (Wildman–Crippen LogP) is 0.284. The van der Waals surface area contributed by atoms with Crippen LogP contribution in [0.15, 0.2) is 18.3 Å². The summed E-state index contributed by atoms with van der Waals surface area (Å²) in [6, 6.07) is 2.71. The van der Waals surface area contributed by atoms with E-state index in [2.05, 4.69) is 10.3 Å². The lowest BCUT2D eigenvalue weighted by Crippen LogP contribution is -2.36. The number of aromatic nitrogens is 1. The fourth-order valence-corrected chi connectivity index (χ4v) is 2.05. The van der Waals surface area contributed by atoms with E-state index in [0.717, 1.165) is 0 Å². The average Bonchev–Trinajstić information content (AvgIpc) is 2.16. The van der Waals surface area contributed by atoms with Gasteiger partial charge in [-0.2, -0.15) is 0 Å². The molecule has 6 heteroatoms. The zero-order chi connectivity index (χ0) is 12.1. The first-order valence-corrected chi connectivity index (χ1v) is 6.48. The molecule has 0 saturated heterocycles. The van der Waals surface area contributed by atoms with Crippen molar-refractivity contribution in [2.75, 3.05) is 12.0 Å². The Labute approximate surface area is 96.4 Å². The lowest BCUT2D eigenvalue weighted by Gasteiger charge is -2.12. The Morgan fingerprint density at radius 1 is 1.69 bits per heavy atom. The highest BCUT2D eigenvalue weighted by Gasteiger charge is 2.15. The Morgan fingerprint density at radius 3 is 2.94 bits per heavy atom. The minimum Gasteiger partial charge on any atom is -0.505 e. The van der Waals surface area contributed by atoms with Crippen LogP contribution in [0, 0.1) is 0 Å². The Kier molecular flexibility index (Phi) is 4.42. The van der Waals surface area contributed by atoms with E-state index in [4.69, 9.17) is 0 Å². The van der Waals surface area contributed by atoms with E-state index in [9.17, 15) is 14.1 Å². The summed E-state index contributed by atoms with van der Waals surface area (Å²) in [4.78, 5) is 15.4. The van der Waals surface area contributed by atoms with Gasteiger partial charge in [0.25, 0.3) is 5.91 Å². The monoisotopic (exact) mass is 242 g/mol. The standard InChI is InChI=1S/C10H14N2O3S/c1-7(6-16(2)15)12-10(14)9-8(13)4-3-5-11-9/h3-5,7,13H,6H2,1-2H3,(H,12,14). The number of hydrogen-bond acceptors (Lipinski definition) is 4. The van der Waals surface area contributed by atoms with E-state index in [1.807, 2.05) is 0 Å². The van der Waals surface area contributed by atoms with Crippen molar-refractivity contribution in [3.05, 3.63) is 24.0 Å². The van der Waals surface area contributed by atoms with Crippen molar-refractivity contribution >= 4 is 16.7 Å². The number of aromatic hydroxyl groups is 1. The molecule has 0 aromatic carbocycles. The van der Waals surface area contributed by atoms with Crippen LogP contribution in [0.1, 0.15) is 17.4 Å². The Hall–Kier alpha value is -1.43. The zero-order valence-electron chi connectivity index (χ0n) is 9.14. The van der Waals surface area contributed by atoms with Crippen LogP contribution in [0.5, 0.6) is 5.75 Å². The van der Waals surface area contributed by atoms with E-state index in [1.165, 1.54) is 18.3 Å². The van der Waals surface area contributed by atoms with Crippen molar-refractivity contribution in [2.24, 2.45) is 0 Å². The molecule has 0 aliphatic heterocycles. The van der Waals surface area contributed by atoms with Gasteiger partial charge in [0.15, 0.2) is 5.69 Å². The van der Waals surface area contributed by atoms with Gasteiger partial charge in [0, 0.05) is 35.0 Å². The number of carbonyl (C=O) groups excluding carboxylic acids is 1. The normalized spacial score (nSPS) is 14.1. The van der Waals surface area contributed by atoms with Gasteiger partial charge < -0.3 is 10.4 Å². The van der Waals surface area contributed by atoms with Crippen molar-refractivity contribution in [1.82, 2.24) is 10.3 Å². The molecule has 88 valence electrons. The summed E-state index contributed by atoms with van der Waals surface area (Å²) in [5.41, 5.74) is -0.0174. The molecule has 5 nitrogen and oxygen atoms in total. The van der Waals surface area contributed by atoms with Gasteiger partial charge in [-0.05, 0) is 19.1 Å². The van der Waals surface area contributed by atoms with Crippen LogP contribution in [-0.4, -0.2) is 38.3 Å². The number of nitrogens with zero attached hydrogens (tertiary/aromatic N) is 1. The fourth-order valence-electron chi connectivity index (χ4n) is 1.26. The third kappa shape index (κ3) is 3.62. The Morgan fingerprint density at radius 2 is 2.38 bits per heavy atom. The van der Waals surface area contributed by atoms with Gasteiger partial charge in [-0.25, -0.2) is 4.98 Å². The van der Waals surface area contributed by atoms with Gasteiger partial charge in [0.2, 0.25) is 0 Å². The molecule has 0 spiro atoms. The van der Waals surface area contributed by atoms with Crippen LogP contribution >= 0.6 is 0 Å². The molecule has 0 aliphatic carbocycles. The van der Waals surface area contributed by atoms with Gasteiger partial charge in [0.1, 0.15) is 5.75 Å². The van der Waals surface area contributed by atoms with Gasteiger partial charge in [0.05, 0.1) is 0 Å². The summed E-state index contributed by atoms with van der Waals surface area (Å²) >= 11 is 0. The third-order valence-electron chi connectivity index (χ3n) is 1.86. The minimum atomic E-state index is -0.971. The highest BCUT2D eigenvalue weighted by atomic mass is 32.2. The Bertz CT molecular complexity index is 409. The molecule has 1 heterocycles. The van der Waals surface area contributed by atoms with Crippen LogP contribution in [0.2, 0.25) is 0 Å². The smallest absolute Gasteiger partial charge is 0.273 e. The maximum atomic E-state index is 11.6. The van der Waals surface area contributed by atoms with Crippen molar-refractivity contribution in [1.29, 1.82) is 0 Å². The van der Waals surface area contributed by atoms with Crippen LogP contribution in [0.25, 0.3) is 0 Å². The van der Waals surface area contributed by atoms with E-state index < -0.39 is 16.7 Å². The van der Waals surface area contributed by atoms with Gasteiger partial charge in [-0.1, -0.05) is 0 Å². The molecule has 2 unspecified atom stereocenters. The van der Waals surface area contributed by atoms with E-state index in [-0.39, 0.29) is 17.5 Å². The molecule has 0 fully saturated rings. The lowest BCUT2D eigenvalue weighted by atomic mass is 10.3. The first kappa shape index (κ1) is 12.6. The Balaban J connectivity index is 2.66. The molecule has 1 aromatic heterocycles. The summed E-state index contributed by atoms with van der Waals surface area (Å²) in [7, 11) is -0.971. The molecule has 16 heavy (non-hydrogen) atoms.